The third-order valence-corrected chi connectivity index (χ3v) is 12.8. The van der Waals surface area contributed by atoms with Crippen LogP contribution in [0, 0.1) is 23.2 Å². The van der Waals surface area contributed by atoms with E-state index in [4.69, 9.17) is 9.16 Å². The predicted octanol–water partition coefficient (Wildman–Crippen LogP) is 4.36. The fourth-order valence-corrected chi connectivity index (χ4v) is 7.24. The quantitative estimate of drug-likeness (QED) is 0.417. The highest BCUT2D eigenvalue weighted by Crippen LogP contribution is 2.70. The van der Waals surface area contributed by atoms with Gasteiger partial charge >= 0.3 is 0 Å². The van der Waals surface area contributed by atoms with Gasteiger partial charge in [0.05, 0.1) is 12.2 Å². The maximum Gasteiger partial charge on any atom is 0.192 e. The minimum Gasteiger partial charge on any atom is -0.416 e. The highest BCUT2D eigenvalue weighted by Gasteiger charge is 2.72. The van der Waals surface area contributed by atoms with Gasteiger partial charge in [-0.3, -0.25) is 0 Å². The predicted molar refractivity (Wildman–Crippen MR) is 91.2 cm³/mol. The lowest BCUT2D eigenvalue weighted by Gasteiger charge is -2.44. The third-order valence-electron chi connectivity index (χ3n) is 7.17. The van der Waals surface area contributed by atoms with E-state index in [2.05, 4.69) is 61.9 Å². The van der Waals surface area contributed by atoms with Crippen LogP contribution in [0.1, 0.15) is 27.2 Å². The van der Waals surface area contributed by atoms with E-state index in [1.165, 1.54) is 6.42 Å². The van der Waals surface area contributed by atoms with Gasteiger partial charge in [-0.15, -0.1) is 0 Å². The van der Waals surface area contributed by atoms with Gasteiger partial charge in [-0.05, 0) is 36.4 Å². The van der Waals surface area contributed by atoms with Crippen molar-refractivity contribution in [1.82, 2.24) is 0 Å². The molecule has 3 fully saturated rings. The van der Waals surface area contributed by atoms with E-state index in [0.717, 1.165) is 12.5 Å². The molecule has 0 aromatic rings. The monoisotopic (exact) mass is 370 g/mol. The Morgan fingerprint density at radius 3 is 2.76 bits per heavy atom. The Morgan fingerprint density at radius 1 is 1.38 bits per heavy atom. The summed E-state index contributed by atoms with van der Waals surface area (Å²) in [6.07, 6.45) is 6.93. The maximum absolute atomic E-state index is 6.66. The van der Waals surface area contributed by atoms with Gasteiger partial charge in [0.2, 0.25) is 0 Å². The van der Waals surface area contributed by atoms with Gasteiger partial charge in [0.1, 0.15) is 0 Å². The van der Waals surface area contributed by atoms with Crippen LogP contribution in [0.5, 0.6) is 0 Å². The average Bonchev–Trinajstić information content (AvgIpc) is 3.03. The first-order chi connectivity index (χ1) is 9.67. The average molecular weight is 371 g/mol. The van der Waals surface area contributed by atoms with Gasteiger partial charge in [-0.25, -0.2) is 0 Å². The van der Waals surface area contributed by atoms with E-state index in [1.807, 2.05) is 0 Å². The molecule has 0 amide bonds. The van der Waals surface area contributed by atoms with Gasteiger partial charge in [0.25, 0.3) is 0 Å². The summed E-state index contributed by atoms with van der Waals surface area (Å²) in [4.78, 5) is 0.525. The molecule has 4 rings (SSSR count). The van der Waals surface area contributed by atoms with Crippen LogP contribution in [-0.4, -0.2) is 32.0 Å². The lowest BCUT2D eigenvalue weighted by atomic mass is 9.68. The van der Waals surface area contributed by atoms with Crippen molar-refractivity contribution in [3.8, 4) is 0 Å². The van der Waals surface area contributed by atoms with Crippen LogP contribution in [0.4, 0.5) is 0 Å². The van der Waals surface area contributed by atoms with Crippen LogP contribution in [0.15, 0.2) is 12.2 Å². The second kappa shape index (κ2) is 4.25. The molecule has 21 heavy (non-hydrogen) atoms. The van der Waals surface area contributed by atoms with Crippen molar-refractivity contribution in [2.75, 3.05) is 6.61 Å². The third kappa shape index (κ3) is 1.76. The molecule has 0 aromatic heterocycles. The number of halogens is 1. The molecule has 1 aliphatic heterocycles. The molecule has 2 bridgehead atoms. The molecule has 0 N–H and O–H groups in total. The largest absolute Gasteiger partial charge is 0.416 e. The summed E-state index contributed by atoms with van der Waals surface area (Å²) in [7, 11) is -1.69. The van der Waals surface area contributed by atoms with Gasteiger partial charge in [-0.2, -0.15) is 0 Å². The van der Waals surface area contributed by atoms with Crippen molar-refractivity contribution in [3.63, 3.8) is 0 Å². The van der Waals surface area contributed by atoms with Crippen LogP contribution in [0.3, 0.4) is 0 Å². The van der Waals surface area contributed by atoms with Crippen molar-refractivity contribution >= 4 is 24.2 Å². The number of fused-ring (bicyclic) bond motifs is 2. The van der Waals surface area contributed by atoms with E-state index in [9.17, 15) is 0 Å². The summed E-state index contributed by atoms with van der Waals surface area (Å²) < 4.78 is 13.0. The van der Waals surface area contributed by atoms with Gasteiger partial charge in [0, 0.05) is 22.8 Å². The first kappa shape index (κ1) is 14.9. The van der Waals surface area contributed by atoms with E-state index in [-0.39, 0.29) is 10.5 Å². The minimum atomic E-state index is -1.69. The molecular weight excluding hydrogens is 344 g/mol. The van der Waals surface area contributed by atoms with Crippen molar-refractivity contribution < 1.29 is 9.16 Å². The number of hydrogen-bond acceptors (Lipinski definition) is 2. The normalized spacial score (nSPS) is 50.4. The van der Waals surface area contributed by atoms with Gasteiger partial charge in [0.15, 0.2) is 8.32 Å². The molecule has 1 heterocycles. The molecule has 4 heteroatoms. The van der Waals surface area contributed by atoms with Crippen LogP contribution in [0.25, 0.3) is 0 Å². The summed E-state index contributed by atoms with van der Waals surface area (Å²) in [6.45, 7) is 12.6. The van der Waals surface area contributed by atoms with Crippen LogP contribution < -0.4 is 0 Å². The summed E-state index contributed by atoms with van der Waals surface area (Å²) in [6, 6.07) is 0. The molecule has 4 aliphatic rings. The van der Waals surface area contributed by atoms with Crippen molar-refractivity contribution in [3.05, 3.63) is 12.2 Å². The number of ether oxygens (including phenoxy) is 1. The van der Waals surface area contributed by atoms with Crippen LogP contribution in [-0.2, 0) is 9.16 Å². The Bertz CT molecular complexity index is 498. The van der Waals surface area contributed by atoms with Gasteiger partial charge < -0.3 is 9.16 Å². The molecular formula is C17H27BrO2Si. The molecule has 2 nitrogen and oxygen atoms in total. The lowest BCUT2D eigenvalue weighted by Crippen LogP contribution is -2.49. The Morgan fingerprint density at radius 2 is 2.10 bits per heavy atom. The Labute approximate surface area is 137 Å². The second-order valence-corrected chi connectivity index (χ2v) is 14.9. The molecule has 2 saturated carbocycles. The summed E-state index contributed by atoms with van der Waals surface area (Å²) in [5.74, 6) is 2.14. The number of alkyl halides is 1. The van der Waals surface area contributed by atoms with E-state index < -0.39 is 8.32 Å². The van der Waals surface area contributed by atoms with E-state index >= 15 is 0 Å². The SMILES string of the molecule is CC(C)(C)[Si](C)(C)OC[C@@]12C=C[C@@H]3O[C@@H]4C(Br)[C@H]1C[C@@H]4C32. The lowest BCUT2D eigenvalue weighted by molar-refractivity contribution is 0.0694. The molecule has 2 unspecified atom stereocenters. The summed E-state index contributed by atoms with van der Waals surface area (Å²) >= 11 is 3.94. The first-order valence-corrected chi connectivity index (χ1v) is 12.1. The standard InChI is InChI=1S/C17H27BrO2Si/c1-16(2,3)21(4,5)19-9-17-7-6-12-13(17)10-8-11(17)14(18)15(10)20-12/h6-7,10-15H,8-9H2,1-5H3/t10-,11-,12+,13?,14?,15+,17+/m1/s1. The van der Waals surface area contributed by atoms with Crippen molar-refractivity contribution in [1.29, 1.82) is 0 Å². The zero-order valence-electron chi connectivity index (χ0n) is 13.7. The topological polar surface area (TPSA) is 18.5 Å². The fraction of sp³-hybridized carbons (Fsp3) is 0.882. The first-order valence-electron chi connectivity index (χ1n) is 8.30. The molecule has 0 aromatic carbocycles. The van der Waals surface area contributed by atoms with Crippen molar-refractivity contribution in [2.24, 2.45) is 23.2 Å². The molecule has 1 saturated heterocycles. The Kier molecular flexibility index (Phi) is 3.02. The molecule has 118 valence electrons. The zero-order valence-corrected chi connectivity index (χ0v) is 16.3. The minimum absolute atomic E-state index is 0.242. The smallest absolute Gasteiger partial charge is 0.192 e. The molecule has 0 radical (unpaired) electrons. The Balaban J connectivity index is 1.60. The molecule has 0 spiro atoms. The number of hydrogen-bond donors (Lipinski definition) is 0. The van der Waals surface area contributed by atoms with Crippen LogP contribution >= 0.6 is 15.9 Å². The highest BCUT2D eigenvalue weighted by atomic mass is 79.9. The maximum atomic E-state index is 6.66. The highest BCUT2D eigenvalue weighted by molar-refractivity contribution is 9.09. The fourth-order valence-electron chi connectivity index (χ4n) is 4.97. The van der Waals surface area contributed by atoms with Crippen molar-refractivity contribution in [2.45, 2.75) is 62.4 Å². The molecule has 7 atom stereocenters. The van der Waals surface area contributed by atoms with E-state index in [0.29, 0.717) is 28.9 Å². The van der Waals surface area contributed by atoms with Gasteiger partial charge in [-0.1, -0.05) is 48.9 Å². The molecule has 3 aliphatic carbocycles. The zero-order chi connectivity index (χ0) is 15.2. The Hall–Kier alpha value is 0.357. The second-order valence-electron chi connectivity index (χ2n) is 9.06. The summed E-state index contributed by atoms with van der Waals surface area (Å²) in [5.41, 5.74) is 0.242. The number of rotatable bonds is 3. The van der Waals surface area contributed by atoms with Crippen LogP contribution in [0.2, 0.25) is 18.1 Å². The van der Waals surface area contributed by atoms with E-state index in [1.54, 1.807) is 0 Å². The summed E-state index contributed by atoms with van der Waals surface area (Å²) in [5, 5.41) is 0.283.